The highest BCUT2D eigenvalue weighted by atomic mass is 32.0. The lowest BCUT2D eigenvalue weighted by molar-refractivity contribution is 1.51. The molecule has 0 rings (SSSR count). The highest BCUT2D eigenvalue weighted by Crippen LogP contribution is 2.34. The average Bonchev–Trinajstić information content (AvgIpc) is 1.61. The van der Waals surface area contributed by atoms with Crippen molar-refractivity contribution in [1.82, 2.24) is 0 Å². The Morgan fingerprint density at radius 2 is 2.17 bits per heavy atom. The van der Waals surface area contributed by atoms with Crippen molar-refractivity contribution in [2.24, 2.45) is 0 Å². The minimum Gasteiger partial charge on any atom is -0.0583 e. The van der Waals surface area contributed by atoms with E-state index in [-0.39, 0.29) is 0 Å². The highest BCUT2D eigenvalue weighted by Gasteiger charge is 1.82. The van der Waals surface area contributed by atoms with Gasteiger partial charge in [-0.1, -0.05) is 6.92 Å². The molecular weight excluding hydrogens is 110 g/mol. The summed E-state index contributed by atoms with van der Waals surface area (Å²) in [6.07, 6.45) is 2.87. The lowest BCUT2D eigenvalue weighted by Gasteiger charge is -1.79. The van der Waals surface area contributed by atoms with E-state index in [1.807, 2.05) is 0 Å². The molecule has 0 saturated heterocycles. The second kappa shape index (κ2) is 5.86. The normalized spacial score (nSPS) is 13.0. The summed E-state index contributed by atoms with van der Waals surface area (Å²) >= 11 is 0. The Labute approximate surface area is 43.6 Å². The SMILES string of the molecule is CCP[PH2+]CC. The van der Waals surface area contributed by atoms with Crippen LogP contribution in [-0.2, 0) is 0 Å². The molecule has 0 spiro atoms. The fourth-order valence-corrected chi connectivity index (χ4v) is 2.60. The Balaban J connectivity index is 2.34. The molecule has 0 nitrogen and oxygen atoms in total. The number of hydrogen-bond donors (Lipinski definition) is 0. The van der Waals surface area contributed by atoms with E-state index >= 15 is 0 Å². The first-order valence-corrected chi connectivity index (χ1v) is 6.30. The van der Waals surface area contributed by atoms with Gasteiger partial charge < -0.3 is 0 Å². The van der Waals surface area contributed by atoms with Crippen LogP contribution >= 0.6 is 16.5 Å². The Morgan fingerprint density at radius 1 is 1.50 bits per heavy atom. The van der Waals surface area contributed by atoms with Crippen LogP contribution in [0, 0.1) is 0 Å². The maximum atomic E-state index is 2.28. The Hall–Kier alpha value is 0.860. The maximum Gasteiger partial charge on any atom is 0.0540 e. The molecule has 0 aromatic rings. The van der Waals surface area contributed by atoms with E-state index in [4.69, 9.17) is 0 Å². The molecule has 0 amide bonds. The highest BCUT2D eigenvalue weighted by molar-refractivity contribution is 8.11. The van der Waals surface area contributed by atoms with Gasteiger partial charge in [-0.15, -0.1) is 0 Å². The summed E-state index contributed by atoms with van der Waals surface area (Å²) in [7, 11) is 2.14. The zero-order valence-electron chi connectivity index (χ0n) is 4.49. The monoisotopic (exact) mass is 123 g/mol. The van der Waals surface area contributed by atoms with Crippen molar-refractivity contribution < 1.29 is 0 Å². The average molecular weight is 123 g/mol. The van der Waals surface area contributed by atoms with Gasteiger partial charge >= 0.3 is 0 Å². The van der Waals surface area contributed by atoms with Gasteiger partial charge in [-0.25, -0.2) is 0 Å². The molecule has 2 atom stereocenters. The second-order valence-electron chi connectivity index (χ2n) is 1.17. The Kier molecular flexibility index (Phi) is 6.70. The first kappa shape index (κ1) is 6.86. The summed E-state index contributed by atoms with van der Waals surface area (Å²) < 4.78 is 0. The third-order valence-electron chi connectivity index (χ3n) is 0.553. The van der Waals surface area contributed by atoms with E-state index in [9.17, 15) is 0 Å². The van der Waals surface area contributed by atoms with Crippen molar-refractivity contribution in [3.63, 3.8) is 0 Å². The molecule has 0 bridgehead atoms. The first-order valence-electron chi connectivity index (χ1n) is 2.46. The summed E-state index contributed by atoms with van der Waals surface area (Å²) in [5.74, 6) is 0. The molecule has 2 heteroatoms. The minimum absolute atomic E-state index is 0.846. The van der Waals surface area contributed by atoms with Gasteiger partial charge in [-0.2, -0.15) is 0 Å². The van der Waals surface area contributed by atoms with Gasteiger partial charge in [0.05, 0.1) is 6.16 Å². The maximum absolute atomic E-state index is 2.28. The van der Waals surface area contributed by atoms with Crippen LogP contribution in [0.5, 0.6) is 0 Å². The van der Waals surface area contributed by atoms with E-state index < -0.39 is 0 Å². The predicted octanol–water partition coefficient (Wildman–Crippen LogP) is 2.03. The lowest BCUT2D eigenvalue weighted by Crippen LogP contribution is -1.52. The molecule has 0 saturated carbocycles. The largest absolute Gasteiger partial charge is 0.0583 e. The molecule has 0 aromatic heterocycles. The van der Waals surface area contributed by atoms with Crippen LogP contribution in [-0.4, -0.2) is 12.3 Å². The second-order valence-corrected chi connectivity index (χ2v) is 5.96. The standard InChI is InChI=1S/C4H12P2/c1-3-5-6-4-2/h5-6H,3-4H2,1-2H3/p+1. The van der Waals surface area contributed by atoms with Crippen LogP contribution in [0.3, 0.4) is 0 Å². The van der Waals surface area contributed by atoms with Gasteiger partial charge in [0.25, 0.3) is 0 Å². The predicted molar refractivity (Wildman–Crippen MR) is 39.1 cm³/mol. The van der Waals surface area contributed by atoms with Gasteiger partial charge in [-0.3, -0.25) is 0 Å². The first-order chi connectivity index (χ1) is 2.91. The summed E-state index contributed by atoms with van der Waals surface area (Å²) in [5.41, 5.74) is 0. The van der Waals surface area contributed by atoms with E-state index in [0.29, 0.717) is 0 Å². The molecular formula is C4H13P2+. The molecule has 0 aliphatic carbocycles. The van der Waals surface area contributed by atoms with E-state index in [0.717, 1.165) is 8.27 Å². The van der Waals surface area contributed by atoms with Crippen molar-refractivity contribution in [1.29, 1.82) is 0 Å². The zero-order chi connectivity index (χ0) is 4.83. The molecule has 0 heterocycles. The van der Waals surface area contributed by atoms with Crippen molar-refractivity contribution in [3.05, 3.63) is 0 Å². The topological polar surface area (TPSA) is 0 Å². The van der Waals surface area contributed by atoms with Gasteiger partial charge in [0, 0.05) is 16.5 Å². The van der Waals surface area contributed by atoms with E-state index in [2.05, 4.69) is 13.8 Å². The zero-order valence-corrected chi connectivity index (χ0v) is 6.65. The van der Waals surface area contributed by atoms with Crippen molar-refractivity contribution in [2.45, 2.75) is 13.8 Å². The number of hydrogen-bond acceptors (Lipinski definition) is 0. The molecule has 2 unspecified atom stereocenters. The molecule has 0 radical (unpaired) electrons. The summed E-state index contributed by atoms with van der Waals surface area (Å²) in [6.45, 7) is 4.54. The fraction of sp³-hybridized carbons (Fsp3) is 1.00. The van der Waals surface area contributed by atoms with Gasteiger partial charge in [-0.05, 0) is 13.1 Å². The van der Waals surface area contributed by atoms with Gasteiger partial charge in [0.1, 0.15) is 0 Å². The van der Waals surface area contributed by atoms with E-state index in [1.54, 1.807) is 0 Å². The quantitative estimate of drug-likeness (QED) is 0.398. The lowest BCUT2D eigenvalue weighted by atomic mass is 11.0. The summed E-state index contributed by atoms with van der Waals surface area (Å²) in [6, 6.07) is 0. The molecule has 6 heavy (non-hydrogen) atoms. The van der Waals surface area contributed by atoms with Crippen molar-refractivity contribution in [3.8, 4) is 0 Å². The molecule has 0 N–H and O–H groups in total. The molecule has 0 aromatic carbocycles. The Morgan fingerprint density at radius 3 is 2.33 bits per heavy atom. The van der Waals surface area contributed by atoms with Crippen LogP contribution in [0.15, 0.2) is 0 Å². The van der Waals surface area contributed by atoms with Crippen molar-refractivity contribution in [2.75, 3.05) is 12.3 Å². The van der Waals surface area contributed by atoms with Crippen LogP contribution < -0.4 is 0 Å². The summed E-state index contributed by atoms with van der Waals surface area (Å²) in [5, 5.41) is 0. The van der Waals surface area contributed by atoms with Crippen LogP contribution in [0.1, 0.15) is 13.8 Å². The number of rotatable bonds is 3. The molecule has 0 aliphatic rings. The van der Waals surface area contributed by atoms with E-state index in [1.165, 1.54) is 20.6 Å². The van der Waals surface area contributed by atoms with Crippen LogP contribution in [0.2, 0.25) is 0 Å². The third kappa shape index (κ3) is 4.86. The Bertz CT molecular complexity index is 17.5. The molecule has 38 valence electrons. The van der Waals surface area contributed by atoms with Crippen LogP contribution in [0.25, 0.3) is 0 Å². The van der Waals surface area contributed by atoms with Gasteiger partial charge in [0.15, 0.2) is 0 Å². The van der Waals surface area contributed by atoms with Crippen molar-refractivity contribution >= 4 is 16.5 Å². The fourth-order valence-electron chi connectivity index (χ4n) is 0.289. The molecule has 0 aliphatic heterocycles. The molecule has 0 fully saturated rings. The summed E-state index contributed by atoms with van der Waals surface area (Å²) in [4.78, 5) is 0. The smallest absolute Gasteiger partial charge is 0.0540 e. The minimum atomic E-state index is 0.846. The third-order valence-corrected chi connectivity index (χ3v) is 4.97. The van der Waals surface area contributed by atoms with Crippen LogP contribution in [0.4, 0.5) is 0 Å². The van der Waals surface area contributed by atoms with Gasteiger partial charge in [0.2, 0.25) is 0 Å².